The lowest BCUT2D eigenvalue weighted by molar-refractivity contribution is -0.354. The normalized spacial score (nSPS) is 19.6. The lowest BCUT2D eigenvalue weighted by Gasteiger charge is -2.41. The molecule has 1 aromatic rings. The van der Waals surface area contributed by atoms with E-state index in [0.717, 1.165) is 19.1 Å². The molecule has 0 aliphatic carbocycles. The fourth-order valence-electron chi connectivity index (χ4n) is 3.01. The predicted octanol–water partition coefficient (Wildman–Crippen LogP) is 4.09. The number of hydrogen-bond donors (Lipinski definition) is 1. The molecule has 1 N–H and O–H groups in total. The third kappa shape index (κ3) is 3.40. The van der Waals surface area contributed by atoms with Crippen LogP contribution in [0.25, 0.3) is 0 Å². The van der Waals surface area contributed by atoms with Crippen molar-refractivity contribution in [2.24, 2.45) is 5.92 Å². The maximum atomic E-state index is 14.3. The summed E-state index contributed by atoms with van der Waals surface area (Å²) in [5.41, 5.74) is -4.39. The predicted molar refractivity (Wildman–Crippen MR) is 84.0 cm³/mol. The standard InChI is InChI=1S/C16H17BrF5NO2/c1-10(13(24)23-8-2-3-9-23)14(25,15(18,19)16(20,21)22)11-4-6-12(17)7-5-11/h4-7,10,25H,2-3,8-9H2,1H3/t10-,14+/m1/s1. The maximum absolute atomic E-state index is 14.3. The van der Waals surface area contributed by atoms with Crippen molar-refractivity contribution >= 4 is 21.8 Å². The Balaban J connectivity index is 2.55. The van der Waals surface area contributed by atoms with Crippen molar-refractivity contribution < 1.29 is 31.9 Å². The molecule has 2 atom stereocenters. The van der Waals surface area contributed by atoms with Gasteiger partial charge in [0.25, 0.3) is 0 Å². The molecule has 1 aliphatic rings. The Hall–Kier alpha value is -1.22. The average Bonchev–Trinajstić information content (AvgIpc) is 3.06. The van der Waals surface area contributed by atoms with E-state index < -0.39 is 35.1 Å². The van der Waals surface area contributed by atoms with Crippen molar-refractivity contribution in [3.63, 3.8) is 0 Å². The van der Waals surface area contributed by atoms with Gasteiger partial charge in [0.15, 0.2) is 5.60 Å². The number of nitrogens with zero attached hydrogens (tertiary/aromatic N) is 1. The quantitative estimate of drug-likeness (QED) is 0.732. The van der Waals surface area contributed by atoms with Crippen LogP contribution in [0.2, 0.25) is 0 Å². The van der Waals surface area contributed by atoms with Gasteiger partial charge in [-0.2, -0.15) is 22.0 Å². The number of benzene rings is 1. The highest BCUT2D eigenvalue weighted by Gasteiger charge is 2.73. The Morgan fingerprint density at radius 2 is 1.60 bits per heavy atom. The number of aliphatic hydroxyl groups is 1. The topological polar surface area (TPSA) is 40.5 Å². The van der Waals surface area contributed by atoms with Crippen LogP contribution in [0.5, 0.6) is 0 Å². The first kappa shape index (κ1) is 20.1. The molecule has 1 fully saturated rings. The van der Waals surface area contributed by atoms with Crippen LogP contribution in [0.4, 0.5) is 22.0 Å². The summed E-state index contributed by atoms with van der Waals surface area (Å²) in [6.45, 7) is 1.46. The fraction of sp³-hybridized carbons (Fsp3) is 0.562. The summed E-state index contributed by atoms with van der Waals surface area (Å²) in [4.78, 5) is 13.7. The lowest BCUT2D eigenvalue weighted by atomic mass is 9.76. The van der Waals surface area contributed by atoms with E-state index in [-0.39, 0.29) is 13.1 Å². The molecule has 1 amide bonds. The first-order chi connectivity index (χ1) is 11.4. The van der Waals surface area contributed by atoms with E-state index in [2.05, 4.69) is 15.9 Å². The number of hydrogen-bond acceptors (Lipinski definition) is 2. The molecule has 0 radical (unpaired) electrons. The van der Waals surface area contributed by atoms with Crippen molar-refractivity contribution in [3.05, 3.63) is 34.3 Å². The van der Waals surface area contributed by atoms with Gasteiger partial charge in [-0.25, -0.2) is 0 Å². The largest absolute Gasteiger partial charge is 0.456 e. The molecule has 1 aliphatic heterocycles. The van der Waals surface area contributed by atoms with Gasteiger partial charge in [0.2, 0.25) is 5.91 Å². The summed E-state index contributed by atoms with van der Waals surface area (Å²) in [6, 6.07) is 4.38. The van der Waals surface area contributed by atoms with Gasteiger partial charge >= 0.3 is 12.1 Å². The summed E-state index contributed by atoms with van der Waals surface area (Å²) in [5, 5.41) is 10.6. The highest BCUT2D eigenvalue weighted by Crippen LogP contribution is 2.52. The van der Waals surface area contributed by atoms with Gasteiger partial charge in [-0.15, -0.1) is 0 Å². The van der Waals surface area contributed by atoms with Crippen LogP contribution in [-0.4, -0.2) is 41.1 Å². The zero-order valence-corrected chi connectivity index (χ0v) is 14.9. The molecule has 0 aromatic heterocycles. The molecule has 9 heteroatoms. The number of rotatable bonds is 4. The monoisotopic (exact) mass is 429 g/mol. The zero-order valence-electron chi connectivity index (χ0n) is 13.3. The minimum atomic E-state index is -6.02. The number of carbonyl (C=O) groups is 1. The summed E-state index contributed by atoms with van der Waals surface area (Å²) in [6.07, 6.45) is -4.73. The van der Waals surface area contributed by atoms with Gasteiger partial charge in [0.05, 0.1) is 5.92 Å². The zero-order chi connectivity index (χ0) is 19.0. The van der Waals surface area contributed by atoms with Crippen LogP contribution in [0.1, 0.15) is 25.3 Å². The molecule has 0 spiro atoms. The van der Waals surface area contributed by atoms with Crippen molar-refractivity contribution in [1.29, 1.82) is 0 Å². The van der Waals surface area contributed by atoms with Crippen LogP contribution in [0.3, 0.4) is 0 Å². The number of likely N-dealkylation sites (tertiary alicyclic amines) is 1. The van der Waals surface area contributed by atoms with Gasteiger partial charge < -0.3 is 10.0 Å². The smallest absolute Gasteiger partial charge is 0.378 e. The molecule has 2 rings (SSSR count). The second kappa shape index (κ2) is 6.83. The summed E-state index contributed by atoms with van der Waals surface area (Å²) in [5.74, 6) is -8.42. The second-order valence-electron chi connectivity index (χ2n) is 6.10. The average molecular weight is 430 g/mol. The van der Waals surface area contributed by atoms with Crippen molar-refractivity contribution in [3.8, 4) is 0 Å². The van der Waals surface area contributed by atoms with Gasteiger partial charge in [-0.1, -0.05) is 35.0 Å². The Labute approximate surface area is 149 Å². The lowest BCUT2D eigenvalue weighted by Crippen LogP contribution is -2.61. The minimum absolute atomic E-state index is 0.275. The van der Waals surface area contributed by atoms with Crippen LogP contribution in [0, 0.1) is 5.92 Å². The Morgan fingerprint density at radius 3 is 2.04 bits per heavy atom. The highest BCUT2D eigenvalue weighted by atomic mass is 79.9. The van der Waals surface area contributed by atoms with E-state index in [1.807, 2.05) is 0 Å². The number of amides is 1. The summed E-state index contributed by atoms with van der Waals surface area (Å²) in [7, 11) is 0. The van der Waals surface area contributed by atoms with Crippen molar-refractivity contribution in [1.82, 2.24) is 4.90 Å². The molecule has 1 saturated heterocycles. The molecule has 1 aromatic carbocycles. The van der Waals surface area contributed by atoms with E-state index in [0.29, 0.717) is 17.3 Å². The van der Waals surface area contributed by atoms with Crippen LogP contribution in [0.15, 0.2) is 28.7 Å². The summed E-state index contributed by atoms with van der Waals surface area (Å²) >= 11 is 3.06. The Kier molecular flexibility index (Phi) is 5.49. The molecule has 140 valence electrons. The number of alkyl halides is 5. The maximum Gasteiger partial charge on any atom is 0.456 e. The van der Waals surface area contributed by atoms with Gasteiger partial charge in [0, 0.05) is 17.6 Å². The molecule has 3 nitrogen and oxygen atoms in total. The Morgan fingerprint density at radius 1 is 1.12 bits per heavy atom. The van der Waals surface area contributed by atoms with E-state index in [1.54, 1.807) is 0 Å². The van der Waals surface area contributed by atoms with Crippen LogP contribution >= 0.6 is 15.9 Å². The molecular weight excluding hydrogens is 413 g/mol. The number of carbonyl (C=O) groups excluding carboxylic acids is 1. The van der Waals surface area contributed by atoms with Crippen LogP contribution in [-0.2, 0) is 10.4 Å². The SMILES string of the molecule is C[C@H](C(=O)N1CCCC1)[C@](O)(c1ccc(Br)cc1)C(F)(F)C(F)(F)F. The molecule has 1 heterocycles. The van der Waals surface area contributed by atoms with Gasteiger partial charge in [-0.3, -0.25) is 4.79 Å². The first-order valence-electron chi connectivity index (χ1n) is 7.64. The highest BCUT2D eigenvalue weighted by molar-refractivity contribution is 9.10. The molecule has 0 saturated carbocycles. The van der Waals surface area contributed by atoms with E-state index in [4.69, 9.17) is 0 Å². The van der Waals surface area contributed by atoms with Crippen LogP contribution < -0.4 is 0 Å². The Bertz CT molecular complexity index is 628. The minimum Gasteiger partial charge on any atom is -0.378 e. The number of halogens is 6. The van der Waals surface area contributed by atoms with Crippen molar-refractivity contribution in [2.75, 3.05) is 13.1 Å². The second-order valence-corrected chi connectivity index (χ2v) is 7.02. The third-order valence-corrected chi connectivity index (χ3v) is 5.06. The molecular formula is C16H17BrF5NO2. The van der Waals surface area contributed by atoms with Gasteiger partial charge in [-0.05, 0) is 30.5 Å². The first-order valence-corrected chi connectivity index (χ1v) is 8.44. The van der Waals surface area contributed by atoms with E-state index >= 15 is 0 Å². The molecule has 0 bridgehead atoms. The fourth-order valence-corrected chi connectivity index (χ4v) is 3.28. The molecule has 25 heavy (non-hydrogen) atoms. The van der Waals surface area contributed by atoms with E-state index in [9.17, 15) is 31.9 Å². The summed E-state index contributed by atoms with van der Waals surface area (Å²) < 4.78 is 68.2. The van der Waals surface area contributed by atoms with Crippen molar-refractivity contribution in [2.45, 2.75) is 37.5 Å². The van der Waals surface area contributed by atoms with Gasteiger partial charge in [0.1, 0.15) is 0 Å². The third-order valence-electron chi connectivity index (χ3n) is 4.53. The van der Waals surface area contributed by atoms with E-state index in [1.165, 1.54) is 17.0 Å². The molecule has 0 unspecified atom stereocenters.